The van der Waals surface area contributed by atoms with Gasteiger partial charge in [-0.25, -0.2) is 10.1 Å². The maximum Gasteiger partial charge on any atom is 0.272 e. The van der Waals surface area contributed by atoms with E-state index < -0.39 is 0 Å². The van der Waals surface area contributed by atoms with Crippen molar-refractivity contribution in [2.75, 3.05) is 0 Å². The van der Waals surface area contributed by atoms with Crippen LogP contribution in [0.15, 0.2) is 65.7 Å². The second-order valence-electron chi connectivity index (χ2n) is 6.94. The molecule has 0 fully saturated rings. The Kier molecular flexibility index (Phi) is 4.12. The molecule has 5 rings (SSSR count). The number of benzene rings is 2. The first-order valence-corrected chi connectivity index (χ1v) is 9.38. The van der Waals surface area contributed by atoms with E-state index in [-0.39, 0.29) is 12.1 Å². The molecule has 3 aromatic heterocycles. The van der Waals surface area contributed by atoms with Crippen LogP contribution in [-0.2, 0) is 6.54 Å². The predicted molar refractivity (Wildman–Crippen MR) is 115 cm³/mol. The maximum absolute atomic E-state index is 12.1. The van der Waals surface area contributed by atoms with Gasteiger partial charge in [0.2, 0.25) is 0 Å². The van der Waals surface area contributed by atoms with Crippen molar-refractivity contribution in [2.24, 2.45) is 5.73 Å². The van der Waals surface area contributed by atoms with Crippen LogP contribution in [0.4, 0.5) is 0 Å². The standard InChI is InChI=1S/C23H16N6O/c24-9-14-3-1-2-4-16(14)20-12-27-22-19(20)8-15(11-26-22)13-5-6-17-18(7-13)21(10-25)28-29-23(17)30/h1-8,11-12H,10,25H2,(H,26,27)(H,29,30). The summed E-state index contributed by atoms with van der Waals surface area (Å²) in [6.45, 7) is 0.223. The largest absolute Gasteiger partial charge is 0.346 e. The first-order valence-electron chi connectivity index (χ1n) is 9.38. The molecule has 0 aliphatic rings. The number of aromatic nitrogens is 4. The minimum Gasteiger partial charge on any atom is -0.346 e. The van der Waals surface area contributed by atoms with Gasteiger partial charge in [0, 0.05) is 46.4 Å². The number of nitriles is 1. The van der Waals surface area contributed by atoms with Crippen molar-refractivity contribution in [2.45, 2.75) is 6.54 Å². The Hall–Kier alpha value is -4.28. The van der Waals surface area contributed by atoms with Crippen LogP contribution in [0.3, 0.4) is 0 Å². The van der Waals surface area contributed by atoms with Crippen LogP contribution in [0.25, 0.3) is 44.1 Å². The summed E-state index contributed by atoms with van der Waals surface area (Å²) in [7, 11) is 0. The highest BCUT2D eigenvalue weighted by Gasteiger charge is 2.13. The predicted octanol–water partition coefficient (Wildman–Crippen LogP) is 3.46. The van der Waals surface area contributed by atoms with Crippen molar-refractivity contribution < 1.29 is 0 Å². The molecule has 0 spiro atoms. The second kappa shape index (κ2) is 6.95. The van der Waals surface area contributed by atoms with Crippen LogP contribution in [0, 0.1) is 11.3 Å². The minimum absolute atomic E-state index is 0.223. The van der Waals surface area contributed by atoms with Crippen molar-refractivity contribution in [3.05, 3.63) is 82.5 Å². The van der Waals surface area contributed by atoms with E-state index in [1.807, 2.05) is 42.6 Å². The van der Waals surface area contributed by atoms with Gasteiger partial charge in [-0.1, -0.05) is 24.3 Å². The molecule has 0 atom stereocenters. The van der Waals surface area contributed by atoms with Crippen LogP contribution >= 0.6 is 0 Å². The summed E-state index contributed by atoms with van der Waals surface area (Å²) < 4.78 is 0. The highest BCUT2D eigenvalue weighted by Crippen LogP contribution is 2.33. The lowest BCUT2D eigenvalue weighted by atomic mass is 9.98. The molecule has 30 heavy (non-hydrogen) atoms. The van der Waals surface area contributed by atoms with Gasteiger partial charge >= 0.3 is 0 Å². The molecule has 0 aliphatic carbocycles. The van der Waals surface area contributed by atoms with Crippen LogP contribution in [0.5, 0.6) is 0 Å². The van der Waals surface area contributed by atoms with E-state index >= 15 is 0 Å². The number of rotatable bonds is 3. The smallest absolute Gasteiger partial charge is 0.272 e. The highest BCUT2D eigenvalue weighted by atomic mass is 16.1. The van der Waals surface area contributed by atoms with E-state index in [9.17, 15) is 10.1 Å². The summed E-state index contributed by atoms with van der Waals surface area (Å²) in [5.74, 6) is 0. The number of hydrogen-bond acceptors (Lipinski definition) is 5. The quantitative estimate of drug-likeness (QED) is 0.434. The Bertz CT molecular complexity index is 1520. The summed E-state index contributed by atoms with van der Waals surface area (Å²) in [5.41, 5.74) is 11.1. The fraction of sp³-hybridized carbons (Fsp3) is 0.0435. The molecule has 0 amide bonds. The summed E-state index contributed by atoms with van der Waals surface area (Å²) >= 11 is 0. The van der Waals surface area contributed by atoms with E-state index in [0.29, 0.717) is 16.6 Å². The number of hydrogen-bond donors (Lipinski definition) is 3. The lowest BCUT2D eigenvalue weighted by Gasteiger charge is -2.07. The molecule has 144 valence electrons. The monoisotopic (exact) mass is 392 g/mol. The molecule has 0 saturated heterocycles. The summed E-state index contributed by atoms with van der Waals surface area (Å²) in [6.07, 6.45) is 3.65. The van der Waals surface area contributed by atoms with Gasteiger partial charge in [-0.15, -0.1) is 0 Å². The maximum atomic E-state index is 12.1. The average molecular weight is 392 g/mol. The van der Waals surface area contributed by atoms with Crippen molar-refractivity contribution in [3.63, 3.8) is 0 Å². The lowest BCUT2D eigenvalue weighted by molar-refractivity contribution is 0.900. The number of pyridine rings is 1. The molecule has 2 aromatic carbocycles. The van der Waals surface area contributed by atoms with Gasteiger partial charge in [-0.2, -0.15) is 10.4 Å². The summed E-state index contributed by atoms with van der Waals surface area (Å²) in [5, 5.41) is 18.2. The average Bonchev–Trinajstić information content (AvgIpc) is 3.22. The Morgan fingerprint density at radius 2 is 1.83 bits per heavy atom. The molecule has 7 heteroatoms. The number of nitrogens with zero attached hydrogens (tertiary/aromatic N) is 3. The van der Waals surface area contributed by atoms with Gasteiger partial charge in [0.1, 0.15) is 5.65 Å². The topological polar surface area (TPSA) is 124 Å². The van der Waals surface area contributed by atoms with Crippen LogP contribution in [0.1, 0.15) is 11.3 Å². The third-order valence-corrected chi connectivity index (χ3v) is 5.26. The number of nitrogens with one attached hydrogen (secondary N) is 2. The summed E-state index contributed by atoms with van der Waals surface area (Å²) in [4.78, 5) is 19.8. The van der Waals surface area contributed by atoms with E-state index in [2.05, 4.69) is 26.2 Å². The molecule has 0 unspecified atom stereocenters. The first kappa shape index (κ1) is 17.8. The molecular weight excluding hydrogens is 376 g/mol. The van der Waals surface area contributed by atoms with Gasteiger partial charge in [0.15, 0.2) is 0 Å². The minimum atomic E-state index is -0.247. The van der Waals surface area contributed by atoms with Crippen molar-refractivity contribution >= 4 is 21.8 Å². The third kappa shape index (κ3) is 2.75. The molecule has 0 radical (unpaired) electrons. The molecule has 0 aliphatic heterocycles. The van der Waals surface area contributed by atoms with E-state index in [0.717, 1.165) is 38.7 Å². The molecule has 7 nitrogen and oxygen atoms in total. The Balaban J connectivity index is 1.71. The summed E-state index contributed by atoms with van der Waals surface area (Å²) in [6, 6.07) is 17.3. The SMILES string of the molecule is N#Cc1ccccc1-c1c[nH]c2ncc(-c3ccc4c(=O)[nH]nc(CN)c4c3)cc12. The normalized spacial score (nSPS) is 11.1. The fourth-order valence-electron chi connectivity index (χ4n) is 3.75. The Morgan fingerprint density at radius 3 is 2.67 bits per heavy atom. The van der Waals surface area contributed by atoms with Crippen LogP contribution in [0.2, 0.25) is 0 Å². The van der Waals surface area contributed by atoms with E-state index in [4.69, 9.17) is 5.73 Å². The zero-order valence-electron chi connectivity index (χ0n) is 15.8. The van der Waals surface area contributed by atoms with Crippen LogP contribution in [-0.4, -0.2) is 20.2 Å². The fourth-order valence-corrected chi connectivity index (χ4v) is 3.75. The third-order valence-electron chi connectivity index (χ3n) is 5.26. The number of nitrogens with two attached hydrogens (primary N) is 1. The number of fused-ring (bicyclic) bond motifs is 2. The zero-order valence-corrected chi connectivity index (χ0v) is 15.8. The van der Waals surface area contributed by atoms with Gasteiger partial charge < -0.3 is 10.7 Å². The second-order valence-corrected chi connectivity index (χ2v) is 6.94. The first-order chi connectivity index (χ1) is 14.7. The van der Waals surface area contributed by atoms with Crippen molar-refractivity contribution in [1.82, 2.24) is 20.2 Å². The molecule has 3 heterocycles. The zero-order chi connectivity index (χ0) is 20.7. The highest BCUT2D eigenvalue weighted by molar-refractivity contribution is 5.97. The van der Waals surface area contributed by atoms with Crippen molar-refractivity contribution in [1.29, 1.82) is 5.26 Å². The van der Waals surface area contributed by atoms with Crippen molar-refractivity contribution in [3.8, 4) is 28.3 Å². The van der Waals surface area contributed by atoms with Gasteiger partial charge in [-0.3, -0.25) is 4.79 Å². The molecule has 0 saturated carbocycles. The number of aromatic amines is 2. The van der Waals surface area contributed by atoms with Crippen LogP contribution < -0.4 is 11.3 Å². The van der Waals surface area contributed by atoms with Gasteiger partial charge in [0.05, 0.1) is 22.7 Å². The van der Waals surface area contributed by atoms with E-state index in [1.165, 1.54) is 0 Å². The van der Waals surface area contributed by atoms with E-state index in [1.54, 1.807) is 18.3 Å². The van der Waals surface area contributed by atoms with Gasteiger partial charge in [0.25, 0.3) is 5.56 Å². The molecule has 0 bridgehead atoms. The molecular formula is C23H16N6O. The number of H-pyrrole nitrogens is 2. The van der Waals surface area contributed by atoms with Gasteiger partial charge in [-0.05, 0) is 29.8 Å². The lowest BCUT2D eigenvalue weighted by Crippen LogP contribution is -2.13. The Labute approximate surface area is 170 Å². The molecule has 5 aromatic rings. The molecule has 4 N–H and O–H groups in total. The Morgan fingerprint density at radius 1 is 1.00 bits per heavy atom.